The molecule has 1 atom stereocenters. The average molecular weight is 142 g/mol. The second-order valence-electron chi connectivity index (χ2n) is 2.15. The zero-order chi connectivity index (χ0) is 8.15. The molecule has 0 aliphatic rings. The Labute approximate surface area is 61.7 Å². The van der Waals surface area contributed by atoms with Crippen molar-refractivity contribution in [3.05, 3.63) is 12.7 Å². The van der Waals surface area contributed by atoms with Crippen molar-refractivity contribution < 1.29 is 5.11 Å². The Balaban J connectivity index is 3.98. The van der Waals surface area contributed by atoms with E-state index in [-0.39, 0.29) is 0 Å². The van der Waals surface area contributed by atoms with Crippen molar-refractivity contribution in [3.63, 3.8) is 0 Å². The van der Waals surface area contributed by atoms with Crippen LogP contribution in [-0.4, -0.2) is 29.1 Å². The fraction of sp³-hybridized carbons (Fsp3) is 0.571. The van der Waals surface area contributed by atoms with Gasteiger partial charge in [-0.05, 0) is 19.9 Å². The zero-order valence-electron chi connectivity index (χ0n) is 6.70. The van der Waals surface area contributed by atoms with Gasteiger partial charge in [-0.2, -0.15) is 5.10 Å². The van der Waals surface area contributed by atoms with Gasteiger partial charge in [0.2, 0.25) is 0 Å². The molecule has 0 saturated heterocycles. The van der Waals surface area contributed by atoms with Gasteiger partial charge in [-0.15, -0.1) is 0 Å². The maximum atomic E-state index is 8.95. The summed E-state index contributed by atoms with van der Waals surface area (Å²) in [6.07, 6.45) is 1.09. The van der Waals surface area contributed by atoms with E-state index >= 15 is 0 Å². The molecular formula is C7H14N2O. The van der Waals surface area contributed by atoms with Crippen LogP contribution in [0.1, 0.15) is 13.8 Å². The minimum Gasteiger partial charge on any atom is -0.372 e. The minimum absolute atomic E-state index is 0.546. The monoisotopic (exact) mass is 142 g/mol. The highest BCUT2D eigenvalue weighted by atomic mass is 16.3. The molecule has 0 bridgehead atoms. The summed E-state index contributed by atoms with van der Waals surface area (Å²) in [5.41, 5.74) is 0.795. The van der Waals surface area contributed by atoms with Crippen molar-refractivity contribution in [3.8, 4) is 0 Å². The van der Waals surface area contributed by atoms with E-state index < -0.39 is 6.23 Å². The van der Waals surface area contributed by atoms with E-state index in [2.05, 4.69) is 11.7 Å². The van der Waals surface area contributed by atoms with E-state index in [1.165, 1.54) is 5.01 Å². The van der Waals surface area contributed by atoms with Gasteiger partial charge in [-0.25, -0.2) is 0 Å². The highest BCUT2D eigenvalue weighted by Crippen LogP contribution is 1.91. The van der Waals surface area contributed by atoms with E-state index in [9.17, 15) is 0 Å². The van der Waals surface area contributed by atoms with Crippen LogP contribution >= 0.6 is 0 Å². The molecule has 1 N–H and O–H groups in total. The van der Waals surface area contributed by atoms with E-state index in [0.29, 0.717) is 0 Å². The standard InChI is InChI=1S/C7H14N2O/c1-5-6(2)8-9(4)7(3)10/h5,7,10H,1H2,2-4H3/b8-6+. The molecule has 58 valence electrons. The summed E-state index contributed by atoms with van der Waals surface area (Å²) in [4.78, 5) is 0. The summed E-state index contributed by atoms with van der Waals surface area (Å²) in [7, 11) is 1.71. The van der Waals surface area contributed by atoms with Crippen molar-refractivity contribution in [2.75, 3.05) is 7.05 Å². The molecule has 0 heterocycles. The number of nitrogens with zero attached hydrogens (tertiary/aromatic N) is 2. The molecule has 3 nitrogen and oxygen atoms in total. The Kier molecular flexibility index (Phi) is 3.72. The highest BCUT2D eigenvalue weighted by Gasteiger charge is 1.98. The summed E-state index contributed by atoms with van der Waals surface area (Å²) in [5.74, 6) is 0. The molecule has 0 aliphatic carbocycles. The van der Waals surface area contributed by atoms with Crippen molar-refractivity contribution in [2.24, 2.45) is 5.10 Å². The number of allylic oxidation sites excluding steroid dienone is 1. The molecule has 0 aromatic carbocycles. The van der Waals surface area contributed by atoms with Gasteiger partial charge in [0.25, 0.3) is 0 Å². The fourth-order valence-electron chi connectivity index (χ4n) is 0.373. The van der Waals surface area contributed by atoms with Crippen molar-refractivity contribution in [1.29, 1.82) is 0 Å². The van der Waals surface area contributed by atoms with Crippen LogP contribution in [0.15, 0.2) is 17.8 Å². The Morgan fingerprint density at radius 3 is 2.60 bits per heavy atom. The predicted octanol–water partition coefficient (Wildman–Crippen LogP) is 0.818. The predicted molar refractivity (Wildman–Crippen MR) is 42.7 cm³/mol. The van der Waals surface area contributed by atoms with E-state index in [0.717, 1.165) is 5.71 Å². The Morgan fingerprint density at radius 2 is 2.30 bits per heavy atom. The van der Waals surface area contributed by atoms with Gasteiger partial charge < -0.3 is 5.11 Å². The normalized spacial score (nSPS) is 14.6. The first kappa shape index (κ1) is 9.17. The molecule has 0 saturated carbocycles. The number of hydrazone groups is 1. The first-order valence-electron chi connectivity index (χ1n) is 3.16. The molecule has 0 spiro atoms. The second kappa shape index (κ2) is 4.06. The lowest BCUT2D eigenvalue weighted by Gasteiger charge is -2.16. The Morgan fingerprint density at radius 1 is 1.80 bits per heavy atom. The van der Waals surface area contributed by atoms with Gasteiger partial charge in [0.1, 0.15) is 6.23 Å². The SMILES string of the molecule is C=C/C(C)=N/N(C)C(C)O. The molecule has 0 radical (unpaired) electrons. The maximum absolute atomic E-state index is 8.95. The summed E-state index contributed by atoms with van der Waals surface area (Å²) in [5, 5.41) is 14.4. The smallest absolute Gasteiger partial charge is 0.139 e. The van der Waals surface area contributed by atoms with Crippen LogP contribution in [0.2, 0.25) is 0 Å². The molecule has 10 heavy (non-hydrogen) atoms. The first-order valence-corrected chi connectivity index (χ1v) is 3.16. The highest BCUT2D eigenvalue weighted by molar-refractivity contribution is 5.91. The minimum atomic E-state index is -0.546. The lowest BCUT2D eigenvalue weighted by molar-refractivity contribution is 0.0407. The topological polar surface area (TPSA) is 35.8 Å². The molecule has 0 rings (SSSR count). The number of aliphatic hydroxyl groups excluding tert-OH is 1. The van der Waals surface area contributed by atoms with Gasteiger partial charge in [0.15, 0.2) is 0 Å². The fourth-order valence-corrected chi connectivity index (χ4v) is 0.373. The maximum Gasteiger partial charge on any atom is 0.139 e. The van der Waals surface area contributed by atoms with Gasteiger partial charge >= 0.3 is 0 Å². The van der Waals surface area contributed by atoms with Crippen LogP contribution in [0.25, 0.3) is 0 Å². The van der Waals surface area contributed by atoms with Gasteiger partial charge in [0.05, 0.1) is 5.71 Å². The second-order valence-corrected chi connectivity index (χ2v) is 2.15. The summed E-state index contributed by atoms with van der Waals surface area (Å²) in [6.45, 7) is 7.01. The number of hydrogen-bond acceptors (Lipinski definition) is 3. The van der Waals surface area contributed by atoms with Crippen LogP contribution in [0.4, 0.5) is 0 Å². The van der Waals surface area contributed by atoms with Gasteiger partial charge in [0, 0.05) is 7.05 Å². The van der Waals surface area contributed by atoms with E-state index in [1.807, 2.05) is 6.92 Å². The van der Waals surface area contributed by atoms with Crippen LogP contribution < -0.4 is 0 Å². The van der Waals surface area contributed by atoms with Crippen molar-refractivity contribution in [2.45, 2.75) is 20.1 Å². The summed E-state index contributed by atoms with van der Waals surface area (Å²) >= 11 is 0. The van der Waals surface area contributed by atoms with Gasteiger partial charge in [-0.1, -0.05) is 6.58 Å². The van der Waals surface area contributed by atoms with E-state index in [4.69, 9.17) is 5.11 Å². The van der Waals surface area contributed by atoms with Gasteiger partial charge in [-0.3, -0.25) is 5.01 Å². The molecule has 0 aromatic heterocycles. The summed E-state index contributed by atoms with van der Waals surface area (Å²) < 4.78 is 0. The number of hydrogen-bond donors (Lipinski definition) is 1. The van der Waals surface area contributed by atoms with Crippen molar-refractivity contribution >= 4 is 5.71 Å². The quantitative estimate of drug-likeness (QED) is 0.360. The molecule has 0 amide bonds. The largest absolute Gasteiger partial charge is 0.372 e. The molecule has 3 heteroatoms. The third-order valence-electron chi connectivity index (χ3n) is 1.15. The molecule has 0 fully saturated rings. The van der Waals surface area contributed by atoms with Crippen LogP contribution in [0, 0.1) is 0 Å². The Hall–Kier alpha value is -0.830. The van der Waals surface area contributed by atoms with Crippen molar-refractivity contribution in [1.82, 2.24) is 5.01 Å². The molecule has 0 aromatic rings. The molecule has 0 aliphatic heterocycles. The Bertz CT molecular complexity index is 141. The third kappa shape index (κ3) is 3.25. The third-order valence-corrected chi connectivity index (χ3v) is 1.15. The number of aliphatic hydroxyl groups is 1. The number of rotatable bonds is 3. The lowest BCUT2D eigenvalue weighted by Crippen LogP contribution is -2.23. The lowest BCUT2D eigenvalue weighted by atomic mass is 10.4. The average Bonchev–Trinajstić information content (AvgIpc) is 1.87. The first-order chi connectivity index (χ1) is 4.57. The van der Waals surface area contributed by atoms with Crippen LogP contribution in [0.5, 0.6) is 0 Å². The summed E-state index contributed by atoms with van der Waals surface area (Å²) in [6, 6.07) is 0. The molecule has 1 unspecified atom stereocenters. The van der Waals surface area contributed by atoms with Crippen LogP contribution in [-0.2, 0) is 0 Å². The molecular weight excluding hydrogens is 128 g/mol. The van der Waals surface area contributed by atoms with E-state index in [1.54, 1.807) is 20.0 Å². The zero-order valence-corrected chi connectivity index (χ0v) is 6.70. The van der Waals surface area contributed by atoms with Crippen LogP contribution in [0.3, 0.4) is 0 Å².